The maximum Gasteiger partial charge on any atom is 0.327 e. The van der Waals surface area contributed by atoms with Crippen molar-refractivity contribution in [3.05, 3.63) is 35.9 Å². The normalized spacial score (nSPS) is 15.6. The van der Waals surface area contributed by atoms with E-state index in [9.17, 15) is 87.5 Å². The molecule has 1 aromatic carbocycles. The lowest BCUT2D eigenvalue weighted by molar-refractivity contribution is -0.141. The Bertz CT molecular complexity index is 2750. The Morgan fingerprint density at radius 3 is 1.22 bits per heavy atom. The Hall–Kier alpha value is -8.05. The Morgan fingerprint density at radius 2 is 0.814 bits per heavy atom. The fourth-order valence-corrected chi connectivity index (χ4v) is 9.88. The molecule has 33 nitrogen and oxygen atoms in total. The van der Waals surface area contributed by atoms with Gasteiger partial charge in [-0.05, 0) is 100 Å². The molecule has 0 saturated carbocycles. The zero-order chi connectivity index (χ0) is 73.6. The Morgan fingerprint density at radius 1 is 0.443 bits per heavy atom. The van der Waals surface area contributed by atoms with E-state index in [1.165, 1.54) is 0 Å². The third kappa shape index (κ3) is 32.2. The van der Waals surface area contributed by atoms with Crippen LogP contribution in [0.3, 0.4) is 0 Å². The second-order valence-corrected chi connectivity index (χ2v) is 25.1. The molecule has 0 radical (unpaired) electrons. The van der Waals surface area contributed by atoms with Crippen molar-refractivity contribution >= 4 is 95.5 Å². The number of hydrogen-bond acceptors (Lipinski definition) is 20. The summed E-state index contributed by atoms with van der Waals surface area (Å²) in [7, 11) is 0. The van der Waals surface area contributed by atoms with Crippen molar-refractivity contribution in [3.63, 3.8) is 0 Å². The van der Waals surface area contributed by atoms with E-state index in [1.807, 2.05) is 6.92 Å². The number of carbonyl (C=O) groups excluding carboxylic acids is 12. The van der Waals surface area contributed by atoms with E-state index in [2.05, 4.69) is 71.1 Å². The molecule has 0 aliphatic heterocycles. The van der Waals surface area contributed by atoms with E-state index >= 15 is 0 Å². The van der Waals surface area contributed by atoms with Crippen LogP contribution in [0.25, 0.3) is 0 Å². The van der Waals surface area contributed by atoms with Crippen molar-refractivity contribution in [3.8, 4) is 0 Å². The molecular weight excluding hydrogens is 1290 g/mol. The van der Waals surface area contributed by atoms with E-state index in [0.717, 1.165) is 0 Å². The lowest BCUT2D eigenvalue weighted by Crippen LogP contribution is -2.62. The van der Waals surface area contributed by atoms with Gasteiger partial charge in [0.15, 0.2) is 0 Å². The Balaban J connectivity index is 3.51. The average Bonchev–Trinajstić information content (AvgIpc) is 0.941. The smallest absolute Gasteiger partial charge is 0.327 e. The highest BCUT2D eigenvalue weighted by Crippen LogP contribution is 2.16. The summed E-state index contributed by atoms with van der Waals surface area (Å²) in [6.45, 7) is 11.7. The SMILES string of the molecule is CC[C@H](C)[C@H](N)C(=O)N[C@@H](Cc1ccccc1)C(=O)N[C@H](C(=O)N[C@H](C(=O)N[C@@H](CCC(N)=O)C(=O)N[C@@H](CO)C(=O)N[C@@H](CCC(=O)O)C(=O)N[C@@H](CO)C(=O)N[C@@H](CC(C)C)C(=O)N[C@@H](CCCCN)C(=O)N[C@@H](CCCCN)C(=O)N[C@@H](CS)C(=O)O)[C@@H](C)CC)C(C)C. The van der Waals surface area contributed by atoms with Crippen molar-refractivity contribution < 1.29 is 87.5 Å². The minimum absolute atomic E-state index is 0.0171. The van der Waals surface area contributed by atoms with E-state index in [-0.39, 0.29) is 62.8 Å². The average molecular weight is 1390 g/mol. The number of nitrogens with two attached hydrogens (primary N) is 4. The maximum absolute atomic E-state index is 14.3. The number of amides is 12. The minimum atomic E-state index is -1.97. The number of benzene rings is 1. The molecule has 0 bridgehead atoms. The van der Waals surface area contributed by atoms with Crippen LogP contribution in [0.2, 0.25) is 0 Å². The number of carboxylic acids is 2. The first-order valence-electron chi connectivity index (χ1n) is 32.8. The van der Waals surface area contributed by atoms with Gasteiger partial charge >= 0.3 is 11.9 Å². The maximum atomic E-state index is 14.3. The van der Waals surface area contributed by atoms with Crippen LogP contribution in [0.5, 0.6) is 0 Å². The highest BCUT2D eigenvalue weighted by Gasteiger charge is 2.38. The first-order valence-corrected chi connectivity index (χ1v) is 33.5. The molecule has 23 N–H and O–H groups in total. The minimum Gasteiger partial charge on any atom is -0.481 e. The number of aliphatic carboxylic acids is 2. The molecule has 548 valence electrons. The molecule has 0 aromatic heterocycles. The molecule has 0 fully saturated rings. The summed E-state index contributed by atoms with van der Waals surface area (Å²) in [6, 6.07) is -9.07. The molecule has 0 saturated heterocycles. The molecule has 12 amide bonds. The van der Waals surface area contributed by atoms with Crippen LogP contribution in [-0.2, 0) is 73.5 Å². The van der Waals surface area contributed by atoms with Crippen LogP contribution >= 0.6 is 12.6 Å². The molecule has 97 heavy (non-hydrogen) atoms. The first kappa shape index (κ1) is 87.0. The van der Waals surface area contributed by atoms with Crippen LogP contribution in [-0.4, -0.2) is 208 Å². The van der Waals surface area contributed by atoms with Gasteiger partial charge in [-0.25, -0.2) is 4.79 Å². The second kappa shape index (κ2) is 46.2. The predicted octanol–water partition coefficient (Wildman–Crippen LogP) is -3.93. The Kier molecular flexibility index (Phi) is 41.4. The lowest BCUT2D eigenvalue weighted by atomic mass is 9.95. The van der Waals surface area contributed by atoms with Gasteiger partial charge in [0, 0.05) is 25.0 Å². The largest absolute Gasteiger partial charge is 0.481 e. The van der Waals surface area contributed by atoms with Crippen molar-refractivity contribution in [1.29, 1.82) is 0 Å². The summed E-state index contributed by atoms with van der Waals surface area (Å²) >= 11 is 3.98. The van der Waals surface area contributed by atoms with E-state index in [4.69, 9.17) is 22.9 Å². The van der Waals surface area contributed by atoms with Gasteiger partial charge in [-0.3, -0.25) is 62.3 Å². The summed E-state index contributed by atoms with van der Waals surface area (Å²) in [5, 5.41) is 67.2. The molecule has 0 spiro atoms. The third-order valence-corrected chi connectivity index (χ3v) is 16.4. The number of primary amides is 1. The summed E-state index contributed by atoms with van der Waals surface area (Å²) in [4.78, 5) is 189. The summed E-state index contributed by atoms with van der Waals surface area (Å²) in [5.41, 5.74) is 23.7. The van der Waals surface area contributed by atoms with Crippen molar-refractivity contribution in [2.75, 3.05) is 32.1 Å². The van der Waals surface area contributed by atoms with E-state index in [0.29, 0.717) is 37.7 Å². The van der Waals surface area contributed by atoms with E-state index < -0.39 is 206 Å². The van der Waals surface area contributed by atoms with Gasteiger partial charge in [-0.1, -0.05) is 98.6 Å². The van der Waals surface area contributed by atoms with Crippen molar-refractivity contribution in [2.24, 2.45) is 46.6 Å². The summed E-state index contributed by atoms with van der Waals surface area (Å²) < 4.78 is 0. The Labute approximate surface area is 571 Å². The number of carbonyl (C=O) groups is 14. The van der Waals surface area contributed by atoms with Gasteiger partial charge in [0.2, 0.25) is 70.9 Å². The number of rotatable bonds is 49. The monoisotopic (exact) mass is 1390 g/mol. The standard InChI is InChI=1S/C63H107N15O18S/c1-9-35(7)49(67)60(92)73-43(29-37-18-12-11-13-19-37)57(89)77-50(34(5)6)61(93)78-51(36(8)10-2)62(94)71-40(22-24-47(66)81)54(86)74-44(30-79)58(90)70-41(23-25-48(82)83)55(87)75-45(31-80)59(91)72-42(28-33(3)4)56(88)69-38(20-14-16-26-64)52(84)68-39(21-15-17-27-65)53(85)76-46(32-97)63(95)96/h11-13,18-19,33-36,38-46,49-51,79-80,97H,9-10,14-17,20-32,64-65,67H2,1-8H3,(H2,66,81)(H,68,84)(H,69,88)(H,70,90)(H,71,94)(H,72,91)(H,73,92)(H,74,86)(H,75,87)(H,76,85)(H,77,89)(H,78,93)(H,82,83)(H,95,96)/t35-,36-,38-,39-,40-,41-,42-,43-,44-,45-,46-,49-,50-,51-/m0/s1. The van der Waals surface area contributed by atoms with Crippen molar-refractivity contribution in [2.45, 2.75) is 218 Å². The van der Waals surface area contributed by atoms with Gasteiger partial charge in [-0.2, -0.15) is 12.6 Å². The highest BCUT2D eigenvalue weighted by atomic mass is 32.1. The first-order chi connectivity index (χ1) is 45.7. The number of nitrogens with one attached hydrogen (secondary N) is 11. The van der Waals surface area contributed by atoms with Gasteiger partial charge in [-0.15, -0.1) is 0 Å². The molecular formula is C63H107N15O18S. The van der Waals surface area contributed by atoms with Gasteiger partial charge < -0.3 is 102 Å². The number of thiol groups is 1. The van der Waals surface area contributed by atoms with Crippen LogP contribution < -0.4 is 81.4 Å². The topological polar surface area (TPSA) is 556 Å². The van der Waals surface area contributed by atoms with Gasteiger partial charge in [0.05, 0.1) is 19.3 Å². The molecule has 34 heteroatoms. The second-order valence-electron chi connectivity index (χ2n) is 24.8. The molecule has 1 rings (SSSR count). The molecule has 0 aliphatic rings. The number of carboxylic acid groups (broad SMARTS) is 2. The van der Waals surface area contributed by atoms with Crippen LogP contribution in [0, 0.1) is 23.7 Å². The molecule has 14 atom stereocenters. The molecule has 0 aliphatic carbocycles. The molecule has 1 aromatic rings. The quantitative estimate of drug-likeness (QED) is 0.0219. The lowest BCUT2D eigenvalue weighted by Gasteiger charge is -2.30. The zero-order valence-corrected chi connectivity index (χ0v) is 57.7. The summed E-state index contributed by atoms with van der Waals surface area (Å²) in [6.07, 6.45) is -0.220. The highest BCUT2D eigenvalue weighted by molar-refractivity contribution is 7.80. The van der Waals surface area contributed by atoms with Crippen molar-refractivity contribution in [1.82, 2.24) is 58.5 Å². The van der Waals surface area contributed by atoms with Gasteiger partial charge in [0.1, 0.15) is 66.5 Å². The van der Waals surface area contributed by atoms with Gasteiger partial charge in [0.25, 0.3) is 0 Å². The van der Waals surface area contributed by atoms with Crippen LogP contribution in [0.1, 0.15) is 144 Å². The zero-order valence-electron chi connectivity index (χ0n) is 56.8. The van der Waals surface area contributed by atoms with Crippen LogP contribution in [0.15, 0.2) is 30.3 Å². The van der Waals surface area contributed by atoms with E-state index in [1.54, 1.807) is 78.8 Å². The molecule has 0 heterocycles. The third-order valence-electron chi connectivity index (χ3n) is 16.0. The molecule has 0 unspecified atom stereocenters. The fraction of sp³-hybridized carbons (Fsp3) is 0.683. The number of unbranched alkanes of at least 4 members (excludes halogenated alkanes) is 2. The predicted molar refractivity (Wildman–Crippen MR) is 359 cm³/mol. The van der Waals surface area contributed by atoms with Crippen LogP contribution in [0.4, 0.5) is 0 Å². The number of hydrogen-bond donors (Lipinski definition) is 20. The summed E-state index contributed by atoms with van der Waals surface area (Å²) in [5.74, 6) is -16.5. The fourth-order valence-electron chi connectivity index (χ4n) is 9.63. The number of aliphatic hydroxyl groups is 2. The number of aliphatic hydroxyl groups excluding tert-OH is 2.